The number of nitrogens with one attached hydrogen (secondary N) is 1. The van der Waals surface area contributed by atoms with E-state index in [0.29, 0.717) is 12.4 Å². The van der Waals surface area contributed by atoms with Crippen molar-refractivity contribution >= 4 is 24.1 Å². The van der Waals surface area contributed by atoms with Gasteiger partial charge in [0.05, 0.1) is 6.20 Å². The van der Waals surface area contributed by atoms with Crippen LogP contribution in [0, 0.1) is 6.92 Å². The Bertz CT molecular complexity index is 568. The maximum atomic E-state index is 12.2. The molecule has 0 saturated heterocycles. The minimum atomic E-state index is -0.680. The number of carbonyl (C=O) groups excluding carboxylic acids is 1. The molecule has 3 N–H and O–H groups in total. The van der Waals surface area contributed by atoms with E-state index in [9.17, 15) is 4.79 Å². The molecule has 2 aromatic rings. The number of hydrogen-bond acceptors (Lipinski definition) is 3. The highest BCUT2D eigenvalue weighted by Crippen LogP contribution is 2.17. The Balaban J connectivity index is 0.00000200. The van der Waals surface area contributed by atoms with E-state index in [4.69, 9.17) is 5.73 Å². The summed E-state index contributed by atoms with van der Waals surface area (Å²) < 4.78 is 1.74. The predicted octanol–water partition coefficient (Wildman–Crippen LogP) is 2.27. The molecule has 0 spiro atoms. The van der Waals surface area contributed by atoms with Crippen LogP contribution in [-0.4, -0.2) is 15.7 Å². The van der Waals surface area contributed by atoms with E-state index in [1.54, 1.807) is 10.9 Å². The van der Waals surface area contributed by atoms with Gasteiger partial charge in [-0.1, -0.05) is 30.3 Å². The molecule has 0 fully saturated rings. The summed E-state index contributed by atoms with van der Waals surface area (Å²) in [6.45, 7) is 4.58. The van der Waals surface area contributed by atoms with Gasteiger partial charge in [0.2, 0.25) is 5.91 Å². The monoisotopic (exact) mass is 294 g/mol. The largest absolute Gasteiger partial charge is 0.316 e. The maximum absolute atomic E-state index is 12.2. The number of anilines is 1. The van der Waals surface area contributed by atoms with Crippen LogP contribution in [0.25, 0.3) is 0 Å². The van der Waals surface area contributed by atoms with Crippen molar-refractivity contribution in [2.45, 2.75) is 26.4 Å². The van der Waals surface area contributed by atoms with E-state index in [1.807, 2.05) is 44.2 Å². The molecule has 0 saturated carbocycles. The molecule has 0 bridgehead atoms. The second-order valence-electron chi connectivity index (χ2n) is 4.37. The first-order chi connectivity index (χ1) is 9.13. The summed E-state index contributed by atoms with van der Waals surface area (Å²) in [7, 11) is 0. The minimum absolute atomic E-state index is 0. The fraction of sp³-hybridized carbons (Fsp3) is 0.286. The summed E-state index contributed by atoms with van der Waals surface area (Å²) in [5.74, 6) is 0.475. The van der Waals surface area contributed by atoms with Crippen LogP contribution in [0.3, 0.4) is 0 Å². The van der Waals surface area contributed by atoms with Gasteiger partial charge in [-0.15, -0.1) is 12.4 Å². The van der Waals surface area contributed by atoms with Gasteiger partial charge in [0.1, 0.15) is 11.9 Å². The second-order valence-corrected chi connectivity index (χ2v) is 4.37. The van der Waals surface area contributed by atoms with E-state index in [0.717, 1.165) is 11.1 Å². The number of halogens is 1. The highest BCUT2D eigenvalue weighted by atomic mass is 35.5. The number of benzene rings is 1. The lowest BCUT2D eigenvalue weighted by Gasteiger charge is -2.14. The van der Waals surface area contributed by atoms with Gasteiger partial charge < -0.3 is 11.1 Å². The average molecular weight is 295 g/mol. The normalized spacial score (nSPS) is 11.6. The number of hydrogen-bond donors (Lipinski definition) is 2. The molecule has 20 heavy (non-hydrogen) atoms. The topological polar surface area (TPSA) is 72.9 Å². The Kier molecular flexibility index (Phi) is 5.73. The van der Waals surface area contributed by atoms with Crippen molar-refractivity contribution in [2.75, 3.05) is 5.32 Å². The number of amides is 1. The first kappa shape index (κ1) is 16.2. The first-order valence-corrected chi connectivity index (χ1v) is 6.27. The molecule has 5 nitrogen and oxygen atoms in total. The quantitative estimate of drug-likeness (QED) is 0.908. The maximum Gasteiger partial charge on any atom is 0.247 e. The molecule has 1 heterocycles. The fourth-order valence-corrected chi connectivity index (χ4v) is 1.89. The van der Waals surface area contributed by atoms with Gasteiger partial charge in [-0.2, -0.15) is 5.10 Å². The number of carbonyl (C=O) groups is 1. The molecule has 1 amide bonds. The molecule has 0 aliphatic heterocycles. The molecular weight excluding hydrogens is 276 g/mol. The van der Waals surface area contributed by atoms with Crippen LogP contribution in [0.5, 0.6) is 0 Å². The smallest absolute Gasteiger partial charge is 0.247 e. The summed E-state index contributed by atoms with van der Waals surface area (Å²) in [4.78, 5) is 12.2. The zero-order chi connectivity index (χ0) is 13.8. The van der Waals surface area contributed by atoms with Gasteiger partial charge in [-0.25, -0.2) is 4.68 Å². The SMILES string of the molecule is CCn1ncc(C)c1NC(=O)[C@@H](N)c1ccccc1.Cl. The van der Waals surface area contributed by atoms with Crippen molar-refractivity contribution in [1.29, 1.82) is 0 Å². The Labute approximate surface area is 124 Å². The Hall–Kier alpha value is -1.85. The van der Waals surface area contributed by atoms with Gasteiger partial charge in [0, 0.05) is 12.1 Å². The molecule has 1 aromatic heterocycles. The molecule has 0 unspecified atom stereocenters. The standard InChI is InChI=1S/C14H18N4O.ClH/c1-3-18-13(10(2)9-16-18)17-14(19)12(15)11-7-5-4-6-8-11;/h4-9,12H,3,15H2,1-2H3,(H,17,19);1H/t12-;/m0./s1. The molecule has 108 valence electrons. The van der Waals surface area contributed by atoms with Crippen LogP contribution in [0.1, 0.15) is 24.1 Å². The highest BCUT2D eigenvalue weighted by molar-refractivity contribution is 5.95. The van der Waals surface area contributed by atoms with Crippen molar-refractivity contribution in [1.82, 2.24) is 9.78 Å². The van der Waals surface area contributed by atoms with Gasteiger partial charge in [-0.05, 0) is 19.4 Å². The lowest BCUT2D eigenvalue weighted by atomic mass is 10.1. The molecule has 0 aliphatic carbocycles. The van der Waals surface area contributed by atoms with Gasteiger partial charge in [0.25, 0.3) is 0 Å². The third-order valence-electron chi connectivity index (χ3n) is 3.00. The minimum Gasteiger partial charge on any atom is -0.316 e. The van der Waals surface area contributed by atoms with E-state index in [1.165, 1.54) is 0 Å². The predicted molar refractivity (Wildman–Crippen MR) is 81.9 cm³/mol. The van der Waals surface area contributed by atoms with Crippen molar-refractivity contribution < 1.29 is 4.79 Å². The zero-order valence-corrected chi connectivity index (χ0v) is 12.4. The number of nitrogens with two attached hydrogens (primary N) is 1. The lowest BCUT2D eigenvalue weighted by molar-refractivity contribution is -0.117. The van der Waals surface area contributed by atoms with E-state index in [-0.39, 0.29) is 18.3 Å². The van der Waals surface area contributed by atoms with Crippen LogP contribution in [0.15, 0.2) is 36.5 Å². The van der Waals surface area contributed by atoms with Gasteiger partial charge >= 0.3 is 0 Å². The van der Waals surface area contributed by atoms with Crippen LogP contribution in [0.2, 0.25) is 0 Å². The number of aryl methyl sites for hydroxylation is 2. The summed E-state index contributed by atoms with van der Waals surface area (Å²) >= 11 is 0. The summed E-state index contributed by atoms with van der Waals surface area (Å²) in [5, 5.41) is 7.02. The molecule has 2 rings (SSSR count). The van der Waals surface area contributed by atoms with Crippen molar-refractivity contribution in [3.8, 4) is 0 Å². The molecule has 0 radical (unpaired) electrons. The average Bonchev–Trinajstić information content (AvgIpc) is 2.79. The summed E-state index contributed by atoms with van der Waals surface area (Å²) in [6, 6.07) is 8.63. The zero-order valence-electron chi connectivity index (χ0n) is 11.5. The number of nitrogens with zero attached hydrogens (tertiary/aromatic N) is 2. The summed E-state index contributed by atoms with van der Waals surface area (Å²) in [6.07, 6.45) is 1.73. The van der Waals surface area contributed by atoms with Gasteiger partial charge in [-0.3, -0.25) is 4.79 Å². The van der Waals surface area contributed by atoms with Crippen molar-refractivity contribution in [2.24, 2.45) is 5.73 Å². The van der Waals surface area contributed by atoms with Crippen LogP contribution < -0.4 is 11.1 Å². The first-order valence-electron chi connectivity index (χ1n) is 6.27. The van der Waals surface area contributed by atoms with Crippen LogP contribution in [0.4, 0.5) is 5.82 Å². The summed E-state index contributed by atoms with van der Waals surface area (Å²) in [5.41, 5.74) is 7.67. The number of aromatic nitrogens is 2. The highest BCUT2D eigenvalue weighted by Gasteiger charge is 2.18. The van der Waals surface area contributed by atoms with E-state index >= 15 is 0 Å². The Morgan fingerprint density at radius 1 is 1.40 bits per heavy atom. The van der Waals surface area contributed by atoms with E-state index < -0.39 is 6.04 Å². The molecule has 1 atom stereocenters. The molecule has 6 heteroatoms. The third kappa shape index (κ3) is 3.37. The Morgan fingerprint density at radius 3 is 2.65 bits per heavy atom. The number of rotatable bonds is 4. The van der Waals surface area contributed by atoms with Gasteiger partial charge in [0.15, 0.2) is 0 Å². The lowest BCUT2D eigenvalue weighted by Crippen LogP contribution is -2.29. The second kappa shape index (κ2) is 7.07. The molecule has 1 aromatic carbocycles. The van der Waals surface area contributed by atoms with Crippen molar-refractivity contribution in [3.05, 3.63) is 47.7 Å². The third-order valence-corrected chi connectivity index (χ3v) is 3.00. The van der Waals surface area contributed by atoms with E-state index in [2.05, 4.69) is 10.4 Å². The molecule has 0 aliphatic rings. The van der Waals surface area contributed by atoms with Crippen LogP contribution >= 0.6 is 12.4 Å². The van der Waals surface area contributed by atoms with Crippen molar-refractivity contribution in [3.63, 3.8) is 0 Å². The fourth-order valence-electron chi connectivity index (χ4n) is 1.89. The molecular formula is C14H19ClN4O. The Morgan fingerprint density at radius 2 is 2.05 bits per heavy atom. The van der Waals surface area contributed by atoms with Crippen LogP contribution in [-0.2, 0) is 11.3 Å².